The average Bonchev–Trinajstić information content (AvgIpc) is 2.02. The van der Waals surface area contributed by atoms with Crippen LogP contribution in [-0.4, -0.2) is 13.1 Å². The van der Waals surface area contributed by atoms with Crippen molar-refractivity contribution in [2.24, 2.45) is 11.8 Å². The molecule has 1 heteroatoms. The highest BCUT2D eigenvalue weighted by Crippen LogP contribution is 2.20. The molecule has 1 saturated heterocycles. The summed E-state index contributed by atoms with van der Waals surface area (Å²) in [6.07, 6.45) is 7.01. The van der Waals surface area contributed by atoms with E-state index in [4.69, 9.17) is 0 Å². The van der Waals surface area contributed by atoms with E-state index in [2.05, 4.69) is 19.2 Å². The van der Waals surface area contributed by atoms with Gasteiger partial charge in [0.05, 0.1) is 0 Å². The number of hydrogen-bond donors (Lipinski definition) is 1. The van der Waals surface area contributed by atoms with Crippen LogP contribution < -0.4 is 5.32 Å². The third kappa shape index (κ3) is 4.10. The molecule has 0 aromatic carbocycles. The second-order valence-electron chi connectivity index (χ2n) is 4.48. The zero-order valence-corrected chi connectivity index (χ0v) is 8.60. The SMILES string of the molecule is CC1CCCNCCCC(C)C1. The van der Waals surface area contributed by atoms with Gasteiger partial charge in [-0.15, -0.1) is 0 Å². The Balaban J connectivity index is 2.24. The molecule has 0 saturated carbocycles. The first kappa shape index (κ1) is 10.0. The number of nitrogens with one attached hydrogen (secondary N) is 1. The third-order valence-corrected chi connectivity index (χ3v) is 2.91. The van der Waals surface area contributed by atoms with Crippen LogP contribution in [0.3, 0.4) is 0 Å². The van der Waals surface area contributed by atoms with Gasteiger partial charge in [-0.25, -0.2) is 0 Å². The van der Waals surface area contributed by atoms with Crippen molar-refractivity contribution < 1.29 is 0 Å². The monoisotopic (exact) mass is 169 g/mol. The minimum atomic E-state index is 0.944. The first-order valence-corrected chi connectivity index (χ1v) is 5.49. The summed E-state index contributed by atoms with van der Waals surface area (Å²) in [5, 5.41) is 3.50. The molecule has 1 heterocycles. The maximum atomic E-state index is 3.50. The third-order valence-electron chi connectivity index (χ3n) is 2.91. The van der Waals surface area contributed by atoms with Crippen LogP contribution in [0.1, 0.15) is 46.0 Å². The molecule has 1 rings (SSSR count). The molecule has 72 valence electrons. The van der Waals surface area contributed by atoms with Gasteiger partial charge >= 0.3 is 0 Å². The van der Waals surface area contributed by atoms with E-state index in [-0.39, 0.29) is 0 Å². The molecule has 0 bridgehead atoms. The van der Waals surface area contributed by atoms with Gasteiger partial charge in [0.25, 0.3) is 0 Å². The van der Waals surface area contributed by atoms with Crippen molar-refractivity contribution in [1.82, 2.24) is 5.32 Å². The van der Waals surface area contributed by atoms with Crippen molar-refractivity contribution in [3.8, 4) is 0 Å². The highest BCUT2D eigenvalue weighted by Gasteiger charge is 2.09. The summed E-state index contributed by atoms with van der Waals surface area (Å²) >= 11 is 0. The molecular weight excluding hydrogens is 146 g/mol. The summed E-state index contributed by atoms with van der Waals surface area (Å²) in [6.45, 7) is 7.27. The first-order chi connectivity index (χ1) is 5.79. The zero-order valence-electron chi connectivity index (χ0n) is 8.60. The fourth-order valence-corrected chi connectivity index (χ4v) is 2.20. The molecule has 0 aliphatic carbocycles. The molecule has 1 aliphatic rings. The molecule has 12 heavy (non-hydrogen) atoms. The number of hydrogen-bond acceptors (Lipinski definition) is 1. The van der Waals surface area contributed by atoms with E-state index in [0.717, 1.165) is 11.8 Å². The lowest BCUT2D eigenvalue weighted by Gasteiger charge is -2.19. The van der Waals surface area contributed by atoms with Crippen molar-refractivity contribution in [2.45, 2.75) is 46.0 Å². The van der Waals surface area contributed by atoms with E-state index in [1.165, 1.54) is 45.2 Å². The maximum absolute atomic E-state index is 3.50. The standard InChI is InChI=1S/C11H23N/c1-10-5-3-7-12-8-4-6-11(2)9-10/h10-12H,3-9H2,1-2H3. The smallest absolute Gasteiger partial charge is 0.00488 e. The highest BCUT2D eigenvalue weighted by molar-refractivity contribution is 4.64. The molecule has 2 unspecified atom stereocenters. The average molecular weight is 169 g/mol. The Morgan fingerprint density at radius 3 is 1.92 bits per heavy atom. The summed E-state index contributed by atoms with van der Waals surface area (Å²) in [7, 11) is 0. The van der Waals surface area contributed by atoms with E-state index in [1.807, 2.05) is 0 Å². The van der Waals surface area contributed by atoms with E-state index >= 15 is 0 Å². The Morgan fingerprint density at radius 1 is 0.917 bits per heavy atom. The largest absolute Gasteiger partial charge is 0.317 e. The molecule has 1 nitrogen and oxygen atoms in total. The normalized spacial score (nSPS) is 34.5. The fraction of sp³-hybridized carbons (Fsp3) is 1.00. The molecule has 0 aromatic rings. The molecule has 1 fully saturated rings. The molecule has 0 aromatic heterocycles. The van der Waals surface area contributed by atoms with Gasteiger partial charge in [0.2, 0.25) is 0 Å². The van der Waals surface area contributed by atoms with Crippen molar-refractivity contribution in [3.63, 3.8) is 0 Å². The Morgan fingerprint density at radius 2 is 1.42 bits per heavy atom. The zero-order chi connectivity index (χ0) is 8.81. The maximum Gasteiger partial charge on any atom is -0.00488 e. The summed E-state index contributed by atoms with van der Waals surface area (Å²) in [6, 6.07) is 0. The van der Waals surface area contributed by atoms with Gasteiger partial charge < -0.3 is 5.32 Å². The number of rotatable bonds is 0. The van der Waals surface area contributed by atoms with Crippen LogP contribution in [0.25, 0.3) is 0 Å². The van der Waals surface area contributed by atoms with Crippen LogP contribution in [-0.2, 0) is 0 Å². The molecule has 0 spiro atoms. The predicted molar refractivity (Wildman–Crippen MR) is 54.3 cm³/mol. The lowest BCUT2D eigenvalue weighted by Crippen LogP contribution is -2.20. The summed E-state index contributed by atoms with van der Waals surface area (Å²) in [5.41, 5.74) is 0. The van der Waals surface area contributed by atoms with Crippen LogP contribution in [0.2, 0.25) is 0 Å². The minimum Gasteiger partial charge on any atom is -0.317 e. The quantitative estimate of drug-likeness (QED) is 0.588. The van der Waals surface area contributed by atoms with Crippen molar-refractivity contribution in [3.05, 3.63) is 0 Å². The van der Waals surface area contributed by atoms with E-state index in [1.54, 1.807) is 0 Å². The second kappa shape index (κ2) is 5.58. The van der Waals surface area contributed by atoms with Crippen LogP contribution in [0, 0.1) is 11.8 Å². The molecule has 0 amide bonds. The second-order valence-corrected chi connectivity index (χ2v) is 4.48. The molecule has 2 atom stereocenters. The topological polar surface area (TPSA) is 12.0 Å². The molecule has 0 radical (unpaired) electrons. The van der Waals surface area contributed by atoms with Gasteiger partial charge in [0.15, 0.2) is 0 Å². The Bertz CT molecular complexity index is 99.6. The van der Waals surface area contributed by atoms with E-state index < -0.39 is 0 Å². The van der Waals surface area contributed by atoms with Crippen molar-refractivity contribution >= 4 is 0 Å². The van der Waals surface area contributed by atoms with Crippen LogP contribution in [0.5, 0.6) is 0 Å². The van der Waals surface area contributed by atoms with Crippen molar-refractivity contribution in [2.75, 3.05) is 13.1 Å². The summed E-state index contributed by atoms with van der Waals surface area (Å²) in [4.78, 5) is 0. The van der Waals surface area contributed by atoms with E-state index in [0.29, 0.717) is 0 Å². The molecule has 1 aliphatic heterocycles. The summed E-state index contributed by atoms with van der Waals surface area (Å²) in [5.74, 6) is 1.89. The molecular formula is C11H23N. The van der Waals surface area contributed by atoms with Crippen molar-refractivity contribution in [1.29, 1.82) is 0 Å². The van der Waals surface area contributed by atoms with Crippen LogP contribution >= 0.6 is 0 Å². The van der Waals surface area contributed by atoms with Gasteiger partial charge in [-0.3, -0.25) is 0 Å². The van der Waals surface area contributed by atoms with Gasteiger partial charge in [-0.1, -0.05) is 13.8 Å². The molecule has 1 N–H and O–H groups in total. The minimum absolute atomic E-state index is 0.944. The Labute approximate surface area is 76.9 Å². The van der Waals surface area contributed by atoms with Gasteiger partial charge in [0, 0.05) is 0 Å². The highest BCUT2D eigenvalue weighted by atomic mass is 14.8. The lowest BCUT2D eigenvalue weighted by atomic mass is 9.90. The first-order valence-electron chi connectivity index (χ1n) is 5.49. The summed E-state index contributed by atoms with van der Waals surface area (Å²) < 4.78 is 0. The lowest BCUT2D eigenvalue weighted by molar-refractivity contribution is 0.348. The van der Waals surface area contributed by atoms with Crippen LogP contribution in [0.4, 0.5) is 0 Å². The van der Waals surface area contributed by atoms with Gasteiger partial charge in [-0.05, 0) is 57.0 Å². The van der Waals surface area contributed by atoms with E-state index in [9.17, 15) is 0 Å². The van der Waals surface area contributed by atoms with Gasteiger partial charge in [-0.2, -0.15) is 0 Å². The Kier molecular flexibility index (Phi) is 4.67. The Hall–Kier alpha value is -0.0400. The van der Waals surface area contributed by atoms with Crippen LogP contribution in [0.15, 0.2) is 0 Å². The predicted octanol–water partition coefficient (Wildman–Crippen LogP) is 2.81. The van der Waals surface area contributed by atoms with Gasteiger partial charge in [0.1, 0.15) is 0 Å². The fourth-order valence-electron chi connectivity index (χ4n) is 2.20.